The van der Waals surface area contributed by atoms with Crippen LogP contribution in [-0.2, 0) is 4.79 Å². The maximum atomic E-state index is 12.3. The van der Waals surface area contributed by atoms with Crippen LogP contribution in [0.25, 0.3) is 0 Å². The lowest BCUT2D eigenvalue weighted by Crippen LogP contribution is -2.41. The molecule has 20 heavy (non-hydrogen) atoms. The molecule has 1 amide bonds. The summed E-state index contributed by atoms with van der Waals surface area (Å²) in [5.41, 5.74) is 0. The van der Waals surface area contributed by atoms with Crippen molar-refractivity contribution in [2.24, 2.45) is 5.92 Å². The average Bonchev–Trinajstić information content (AvgIpc) is 2.63. The monoisotopic (exact) mass is 294 g/mol. The highest BCUT2D eigenvalue weighted by Gasteiger charge is 2.30. The maximum absolute atomic E-state index is 12.3. The van der Waals surface area contributed by atoms with Crippen molar-refractivity contribution in [1.29, 1.82) is 0 Å². The summed E-state index contributed by atoms with van der Waals surface area (Å²) >= 11 is 5.81. The summed E-state index contributed by atoms with van der Waals surface area (Å²) in [4.78, 5) is 24.9. The Bertz CT molecular complexity index is 475. The van der Waals surface area contributed by atoms with Gasteiger partial charge in [0.25, 0.3) is 0 Å². The molecule has 0 atom stereocenters. The first-order chi connectivity index (χ1) is 9.74. The Morgan fingerprint density at radius 3 is 2.50 bits per heavy atom. The summed E-state index contributed by atoms with van der Waals surface area (Å²) in [6.07, 6.45) is 7.54. The molecule has 0 radical (unpaired) electrons. The highest BCUT2D eigenvalue weighted by molar-refractivity contribution is 6.30. The molecule has 5 nitrogen and oxygen atoms in total. The van der Waals surface area contributed by atoms with E-state index >= 15 is 0 Å². The van der Waals surface area contributed by atoms with Gasteiger partial charge in [0.15, 0.2) is 0 Å². The van der Waals surface area contributed by atoms with Gasteiger partial charge in [-0.2, -0.15) is 0 Å². The number of amides is 1. The van der Waals surface area contributed by atoms with Crippen LogP contribution in [-0.4, -0.2) is 47.0 Å². The van der Waals surface area contributed by atoms with E-state index < -0.39 is 0 Å². The lowest BCUT2D eigenvalue weighted by molar-refractivity contribution is -0.137. The molecule has 0 spiro atoms. The minimum absolute atomic E-state index is 0.285. The summed E-state index contributed by atoms with van der Waals surface area (Å²) < 4.78 is 0. The summed E-state index contributed by atoms with van der Waals surface area (Å²) in [7, 11) is 0. The van der Waals surface area contributed by atoms with Gasteiger partial charge in [-0.1, -0.05) is 18.0 Å². The Kier molecular flexibility index (Phi) is 4.05. The van der Waals surface area contributed by atoms with Crippen LogP contribution in [0.4, 0.5) is 5.95 Å². The van der Waals surface area contributed by atoms with Crippen LogP contribution in [0.15, 0.2) is 12.4 Å². The topological polar surface area (TPSA) is 49.3 Å². The highest BCUT2D eigenvalue weighted by Crippen LogP contribution is 2.28. The van der Waals surface area contributed by atoms with E-state index in [-0.39, 0.29) is 5.92 Å². The number of hydrogen-bond acceptors (Lipinski definition) is 4. The van der Waals surface area contributed by atoms with E-state index in [0.717, 1.165) is 45.4 Å². The zero-order valence-corrected chi connectivity index (χ0v) is 12.2. The third-order valence-electron chi connectivity index (χ3n) is 4.15. The molecule has 2 fully saturated rings. The van der Waals surface area contributed by atoms with E-state index in [1.54, 1.807) is 12.4 Å². The summed E-state index contributed by atoms with van der Waals surface area (Å²) in [5.74, 6) is 1.33. The molecule has 0 unspecified atom stereocenters. The number of carbonyl (C=O) groups is 1. The summed E-state index contributed by atoms with van der Waals surface area (Å²) in [6.45, 7) is 3.29. The Labute approximate surface area is 123 Å². The van der Waals surface area contributed by atoms with Crippen LogP contribution < -0.4 is 4.90 Å². The van der Waals surface area contributed by atoms with Gasteiger partial charge >= 0.3 is 0 Å². The zero-order chi connectivity index (χ0) is 13.9. The van der Waals surface area contributed by atoms with Crippen LogP contribution in [0.1, 0.15) is 25.7 Å². The van der Waals surface area contributed by atoms with Crippen LogP contribution in [0.5, 0.6) is 0 Å². The number of aromatic nitrogens is 2. The van der Waals surface area contributed by atoms with Crippen molar-refractivity contribution in [1.82, 2.24) is 14.9 Å². The predicted octanol–water partition coefficient (Wildman–Crippen LogP) is 1.97. The molecule has 1 aliphatic heterocycles. The van der Waals surface area contributed by atoms with Crippen molar-refractivity contribution < 1.29 is 4.79 Å². The second kappa shape index (κ2) is 5.95. The first kappa shape index (κ1) is 13.6. The Morgan fingerprint density at radius 2 is 1.85 bits per heavy atom. The number of nitrogens with zero attached hydrogens (tertiary/aromatic N) is 4. The first-order valence-corrected chi connectivity index (χ1v) is 7.63. The third-order valence-corrected chi connectivity index (χ3v) is 4.35. The van der Waals surface area contributed by atoms with Gasteiger partial charge in [-0.05, 0) is 19.3 Å². The van der Waals surface area contributed by atoms with Crippen LogP contribution >= 0.6 is 11.6 Å². The minimum atomic E-state index is 0.285. The molecule has 1 aliphatic carbocycles. The number of carbonyl (C=O) groups excluding carboxylic acids is 1. The molecule has 6 heteroatoms. The fraction of sp³-hybridized carbons (Fsp3) is 0.643. The van der Waals surface area contributed by atoms with Gasteiger partial charge in [0.05, 0.1) is 17.4 Å². The Morgan fingerprint density at radius 1 is 1.10 bits per heavy atom. The number of hydrogen-bond donors (Lipinski definition) is 0. The van der Waals surface area contributed by atoms with Gasteiger partial charge in [0, 0.05) is 32.1 Å². The largest absolute Gasteiger partial charge is 0.341 e. The lowest BCUT2D eigenvalue weighted by atomic mass is 9.84. The molecule has 1 saturated carbocycles. The summed E-state index contributed by atoms with van der Waals surface area (Å²) in [6, 6.07) is 0. The fourth-order valence-electron chi connectivity index (χ4n) is 2.72. The molecule has 108 valence electrons. The van der Waals surface area contributed by atoms with E-state index in [2.05, 4.69) is 14.9 Å². The number of anilines is 1. The zero-order valence-electron chi connectivity index (χ0n) is 11.5. The lowest BCUT2D eigenvalue weighted by Gasteiger charge is -2.31. The van der Waals surface area contributed by atoms with Crippen molar-refractivity contribution in [3.8, 4) is 0 Å². The van der Waals surface area contributed by atoms with Crippen molar-refractivity contribution >= 4 is 23.5 Å². The van der Waals surface area contributed by atoms with Crippen LogP contribution in [0.3, 0.4) is 0 Å². The number of halogens is 1. The van der Waals surface area contributed by atoms with E-state index in [4.69, 9.17) is 11.6 Å². The van der Waals surface area contributed by atoms with E-state index in [1.807, 2.05) is 4.90 Å². The molecule has 0 N–H and O–H groups in total. The predicted molar refractivity (Wildman–Crippen MR) is 77.8 cm³/mol. The third kappa shape index (κ3) is 2.87. The van der Waals surface area contributed by atoms with E-state index in [9.17, 15) is 4.79 Å². The first-order valence-electron chi connectivity index (χ1n) is 7.25. The summed E-state index contributed by atoms with van der Waals surface area (Å²) in [5, 5.41) is 0.547. The van der Waals surface area contributed by atoms with Gasteiger partial charge in [0.1, 0.15) is 0 Å². The van der Waals surface area contributed by atoms with Gasteiger partial charge in [-0.25, -0.2) is 9.97 Å². The number of rotatable bonds is 2. The highest BCUT2D eigenvalue weighted by atomic mass is 35.5. The van der Waals surface area contributed by atoms with Crippen molar-refractivity contribution in [2.75, 3.05) is 31.1 Å². The van der Waals surface area contributed by atoms with Gasteiger partial charge < -0.3 is 9.80 Å². The van der Waals surface area contributed by atoms with E-state index in [1.165, 1.54) is 6.42 Å². The van der Waals surface area contributed by atoms with E-state index in [0.29, 0.717) is 16.9 Å². The van der Waals surface area contributed by atoms with Gasteiger partial charge in [-0.15, -0.1) is 0 Å². The van der Waals surface area contributed by atoms with Crippen molar-refractivity contribution in [2.45, 2.75) is 25.7 Å². The van der Waals surface area contributed by atoms with Crippen LogP contribution in [0, 0.1) is 5.92 Å². The molecule has 1 saturated heterocycles. The molecule has 1 aromatic heterocycles. The minimum Gasteiger partial charge on any atom is -0.341 e. The molecular weight excluding hydrogens is 276 g/mol. The molecule has 3 rings (SSSR count). The normalized spacial score (nSPS) is 20.4. The van der Waals surface area contributed by atoms with Crippen molar-refractivity contribution in [3.05, 3.63) is 17.4 Å². The molecule has 1 aromatic rings. The molecule has 2 heterocycles. The van der Waals surface area contributed by atoms with Gasteiger partial charge in [-0.3, -0.25) is 4.79 Å². The fourth-order valence-corrected chi connectivity index (χ4v) is 2.82. The Hall–Kier alpha value is -1.36. The second-order valence-electron chi connectivity index (χ2n) is 5.49. The maximum Gasteiger partial charge on any atom is 0.225 e. The quantitative estimate of drug-likeness (QED) is 0.837. The van der Waals surface area contributed by atoms with Gasteiger partial charge in [0.2, 0.25) is 11.9 Å². The standard InChI is InChI=1S/C14H19ClN4O/c15-12-9-16-14(17-10-12)19-6-2-5-18(7-8-19)13(20)11-3-1-4-11/h9-11H,1-8H2. The molecule has 0 aromatic carbocycles. The molecule has 0 bridgehead atoms. The Balaban J connectivity index is 1.61. The van der Waals surface area contributed by atoms with Crippen LogP contribution in [0.2, 0.25) is 5.02 Å². The van der Waals surface area contributed by atoms with Crippen molar-refractivity contribution in [3.63, 3.8) is 0 Å². The molecule has 2 aliphatic rings. The second-order valence-corrected chi connectivity index (χ2v) is 5.93. The molecular formula is C14H19ClN4O. The average molecular weight is 295 g/mol. The SMILES string of the molecule is O=C(C1CCC1)N1CCCN(c2ncc(Cl)cn2)CC1. The smallest absolute Gasteiger partial charge is 0.225 e.